The van der Waals surface area contributed by atoms with E-state index in [1.807, 2.05) is 48.5 Å². The third-order valence-electron chi connectivity index (χ3n) is 4.20. The lowest BCUT2D eigenvalue weighted by molar-refractivity contribution is 0.1000. The molecule has 27 heavy (non-hydrogen) atoms. The van der Waals surface area contributed by atoms with Gasteiger partial charge in [-0.3, -0.25) is 9.79 Å². The number of aliphatic imine (C=N–C) groups is 1. The minimum absolute atomic E-state index is 0.412. The zero-order valence-corrected chi connectivity index (χ0v) is 15.7. The van der Waals surface area contributed by atoms with Crippen LogP contribution < -0.4 is 5.73 Å². The van der Waals surface area contributed by atoms with Crippen molar-refractivity contribution in [2.75, 3.05) is 6.54 Å². The number of hydrogen-bond donors (Lipinski definition) is 2. The number of carbonyl (C=O) groups is 1. The van der Waals surface area contributed by atoms with Crippen molar-refractivity contribution in [3.05, 3.63) is 96.1 Å². The summed E-state index contributed by atoms with van der Waals surface area (Å²) in [6.45, 7) is 0.589. The molecular formula is C22H22N2O2S. The van der Waals surface area contributed by atoms with Crippen molar-refractivity contribution >= 4 is 21.8 Å². The highest BCUT2D eigenvalue weighted by Gasteiger charge is 2.24. The summed E-state index contributed by atoms with van der Waals surface area (Å²) < 4.78 is 11.5. The summed E-state index contributed by atoms with van der Waals surface area (Å²) in [4.78, 5) is 17.3. The molecule has 3 aromatic rings. The Labute approximate surface area is 160 Å². The molecule has 0 fully saturated rings. The molecule has 0 bridgehead atoms. The predicted molar refractivity (Wildman–Crippen MR) is 112 cm³/mol. The average Bonchev–Trinajstić information content (AvgIpc) is 2.72. The van der Waals surface area contributed by atoms with Crippen LogP contribution in [0.25, 0.3) is 0 Å². The molecule has 0 aromatic heterocycles. The topological polar surface area (TPSA) is 75.7 Å². The number of amides is 1. The molecule has 3 rings (SSSR count). The Hall–Kier alpha value is -2.89. The highest BCUT2D eigenvalue weighted by Crippen LogP contribution is 2.56. The van der Waals surface area contributed by atoms with Crippen LogP contribution in [0.1, 0.15) is 15.9 Å². The molecule has 3 N–H and O–H groups in total. The summed E-state index contributed by atoms with van der Waals surface area (Å²) in [6.07, 6.45) is 0.808. The first-order valence-corrected chi connectivity index (χ1v) is 10.3. The molecule has 1 atom stereocenters. The van der Waals surface area contributed by atoms with E-state index in [1.165, 1.54) is 5.56 Å². The van der Waals surface area contributed by atoms with Gasteiger partial charge in [0.15, 0.2) is 0 Å². The second-order valence-electron chi connectivity index (χ2n) is 6.07. The van der Waals surface area contributed by atoms with Gasteiger partial charge in [-0.2, -0.15) is 0 Å². The van der Waals surface area contributed by atoms with Gasteiger partial charge in [0.1, 0.15) is 0 Å². The van der Waals surface area contributed by atoms with E-state index in [1.54, 1.807) is 29.8 Å². The minimum atomic E-state index is -2.44. The number of benzene rings is 3. The van der Waals surface area contributed by atoms with Crippen LogP contribution in [0.4, 0.5) is 0 Å². The van der Waals surface area contributed by atoms with E-state index < -0.39 is 16.2 Å². The third-order valence-corrected chi connectivity index (χ3v) is 6.64. The molecule has 0 aliphatic heterocycles. The predicted octanol–water partition coefficient (Wildman–Crippen LogP) is 4.75. The van der Waals surface area contributed by atoms with Crippen molar-refractivity contribution in [2.45, 2.75) is 16.2 Å². The molecule has 1 unspecified atom stereocenters. The van der Waals surface area contributed by atoms with E-state index in [0.29, 0.717) is 17.0 Å². The Morgan fingerprint density at radius 2 is 1.44 bits per heavy atom. The van der Waals surface area contributed by atoms with E-state index in [0.717, 1.165) is 11.3 Å². The first-order valence-electron chi connectivity index (χ1n) is 8.64. The molecule has 0 aliphatic rings. The normalized spacial score (nSPS) is 14.6. The first-order chi connectivity index (χ1) is 13.1. The molecule has 0 spiro atoms. The van der Waals surface area contributed by atoms with Gasteiger partial charge in [-0.05, 0) is 58.7 Å². The van der Waals surface area contributed by atoms with Gasteiger partial charge in [-0.1, -0.05) is 48.5 Å². The van der Waals surface area contributed by atoms with Gasteiger partial charge in [-0.15, -0.1) is 0 Å². The van der Waals surface area contributed by atoms with E-state index in [9.17, 15) is 9.35 Å². The molecule has 0 heterocycles. The number of nitrogens with zero attached hydrogens (tertiary/aromatic N) is 1. The molecule has 138 valence electrons. The second kappa shape index (κ2) is 8.66. The molecule has 0 saturated carbocycles. The zero-order valence-electron chi connectivity index (χ0n) is 14.9. The van der Waals surface area contributed by atoms with Crippen LogP contribution in [0.2, 0.25) is 0 Å². The first kappa shape index (κ1) is 18.9. The molecule has 4 nitrogen and oxygen atoms in total. The van der Waals surface area contributed by atoms with Gasteiger partial charge >= 0.3 is 0 Å². The van der Waals surface area contributed by atoms with Gasteiger partial charge in [0.2, 0.25) is 5.91 Å². The Balaban J connectivity index is 1.86. The summed E-state index contributed by atoms with van der Waals surface area (Å²) in [5, 5.41) is 0. The van der Waals surface area contributed by atoms with Gasteiger partial charge in [0.05, 0.1) is 5.55 Å². The van der Waals surface area contributed by atoms with E-state index in [-0.39, 0.29) is 0 Å². The molecule has 0 aliphatic carbocycles. The molecule has 1 amide bonds. The van der Waals surface area contributed by atoms with Crippen LogP contribution in [0.3, 0.4) is 0 Å². The van der Waals surface area contributed by atoms with E-state index in [4.69, 9.17) is 5.73 Å². The summed E-state index contributed by atoms with van der Waals surface area (Å²) in [6, 6.07) is 26.3. The fourth-order valence-corrected chi connectivity index (χ4v) is 4.67. The van der Waals surface area contributed by atoms with Crippen LogP contribution in [0.15, 0.2) is 99.7 Å². The summed E-state index contributed by atoms with van der Waals surface area (Å²) in [5.41, 5.74) is 8.59. The number of hydrogen-bond acceptors (Lipinski definition) is 3. The van der Waals surface area contributed by atoms with Gasteiger partial charge in [0.25, 0.3) is 0 Å². The molecule has 0 saturated heterocycles. The summed E-state index contributed by atoms with van der Waals surface area (Å²) >= 11 is 0. The van der Waals surface area contributed by atoms with Crippen molar-refractivity contribution in [3.8, 4) is 0 Å². The minimum Gasteiger partial charge on any atom is -0.366 e. The standard InChI is InChI=1S/C22H22N2O2S/c23-22(25)19-11-13-21(14-12-19)27(26,20-9-5-2-6-10-20)17-24-16-15-18-7-3-1-4-8-18/h1-14,17,26H,15-16H2,(H2,23,25). The zero-order chi connectivity index (χ0) is 19.1. The number of carbonyl (C=O) groups excluding carboxylic acids is 1. The number of nitrogens with two attached hydrogens (primary N) is 1. The lowest BCUT2D eigenvalue weighted by atomic mass is 10.2. The maximum absolute atomic E-state index is 11.5. The van der Waals surface area contributed by atoms with Crippen molar-refractivity contribution in [1.82, 2.24) is 0 Å². The quantitative estimate of drug-likeness (QED) is 0.460. The van der Waals surface area contributed by atoms with Crippen molar-refractivity contribution < 1.29 is 9.35 Å². The van der Waals surface area contributed by atoms with Crippen LogP contribution in [-0.2, 0) is 6.42 Å². The highest BCUT2D eigenvalue weighted by molar-refractivity contribution is 8.39. The lowest BCUT2D eigenvalue weighted by Gasteiger charge is -2.30. The Kier molecular flexibility index (Phi) is 6.06. The average molecular weight is 378 g/mol. The van der Waals surface area contributed by atoms with Gasteiger partial charge in [-0.25, -0.2) is 0 Å². The largest absolute Gasteiger partial charge is 0.366 e. The lowest BCUT2D eigenvalue weighted by Crippen LogP contribution is -2.11. The number of primary amides is 1. The monoisotopic (exact) mass is 378 g/mol. The Bertz CT molecular complexity index is 912. The molecule has 3 aromatic carbocycles. The Morgan fingerprint density at radius 3 is 2.04 bits per heavy atom. The van der Waals surface area contributed by atoms with Crippen LogP contribution in [0.5, 0.6) is 0 Å². The molecule has 5 heteroatoms. The fourth-order valence-electron chi connectivity index (χ4n) is 2.71. The van der Waals surface area contributed by atoms with Crippen molar-refractivity contribution in [1.29, 1.82) is 0 Å². The highest BCUT2D eigenvalue weighted by atomic mass is 32.3. The fraction of sp³-hybridized carbons (Fsp3) is 0.0909. The van der Waals surface area contributed by atoms with Crippen LogP contribution in [0, 0.1) is 0 Å². The van der Waals surface area contributed by atoms with Crippen LogP contribution in [-0.4, -0.2) is 22.6 Å². The maximum Gasteiger partial charge on any atom is 0.248 e. The molecular weight excluding hydrogens is 356 g/mol. The van der Waals surface area contributed by atoms with E-state index >= 15 is 0 Å². The Morgan fingerprint density at radius 1 is 0.889 bits per heavy atom. The van der Waals surface area contributed by atoms with Gasteiger partial charge < -0.3 is 10.3 Å². The van der Waals surface area contributed by atoms with Crippen LogP contribution >= 0.6 is 10.3 Å². The van der Waals surface area contributed by atoms with Crippen molar-refractivity contribution in [2.24, 2.45) is 10.7 Å². The SMILES string of the molecule is NC(=O)c1ccc(S(O)(C=NCCc2ccccc2)c2ccccc2)cc1. The van der Waals surface area contributed by atoms with Crippen molar-refractivity contribution in [3.63, 3.8) is 0 Å². The number of rotatable bonds is 7. The third kappa shape index (κ3) is 4.64. The second-order valence-corrected chi connectivity index (χ2v) is 8.48. The molecule has 0 radical (unpaired) electrons. The summed E-state index contributed by atoms with van der Waals surface area (Å²) in [7, 11) is -2.44. The van der Waals surface area contributed by atoms with E-state index in [2.05, 4.69) is 17.1 Å². The maximum atomic E-state index is 11.5. The smallest absolute Gasteiger partial charge is 0.248 e. The summed E-state index contributed by atoms with van der Waals surface area (Å²) in [5.74, 6) is -0.490. The van der Waals surface area contributed by atoms with Gasteiger partial charge in [0, 0.05) is 21.9 Å².